The number of carbonyl (C=O) groups is 2. The number of fused-ring (bicyclic) bond motifs is 1. The number of hydrogen-bond acceptors (Lipinski definition) is 4. The molecule has 0 radical (unpaired) electrons. The Hall–Kier alpha value is -3.22. The summed E-state index contributed by atoms with van der Waals surface area (Å²) in [5, 5.41) is 5.51. The molecule has 1 aliphatic rings. The van der Waals surface area contributed by atoms with Gasteiger partial charge >= 0.3 is 6.03 Å². The molecule has 1 heterocycles. The minimum Gasteiger partial charge on any atom is -0.497 e. The molecule has 7 heteroatoms. The van der Waals surface area contributed by atoms with Gasteiger partial charge in [0.1, 0.15) is 11.5 Å². The molecule has 0 fully saturated rings. The molecule has 0 aliphatic carbocycles. The van der Waals surface area contributed by atoms with E-state index in [1.807, 2.05) is 50.2 Å². The summed E-state index contributed by atoms with van der Waals surface area (Å²) in [5.41, 5.74) is 2.49. The van der Waals surface area contributed by atoms with Crippen LogP contribution in [0.1, 0.15) is 31.4 Å². The van der Waals surface area contributed by atoms with Gasteiger partial charge in [0.15, 0.2) is 6.10 Å². The highest BCUT2D eigenvalue weighted by molar-refractivity contribution is 5.89. The molecule has 0 aromatic heterocycles. The van der Waals surface area contributed by atoms with E-state index in [1.54, 1.807) is 18.1 Å². The molecule has 0 saturated heterocycles. The van der Waals surface area contributed by atoms with Crippen LogP contribution >= 0.6 is 0 Å². The van der Waals surface area contributed by atoms with Gasteiger partial charge in [-0.1, -0.05) is 19.1 Å². The number of nitrogens with one attached hydrogen (secondary N) is 2. The lowest BCUT2D eigenvalue weighted by atomic mass is 10.1. The zero-order chi connectivity index (χ0) is 20.8. The third-order valence-corrected chi connectivity index (χ3v) is 4.75. The first kappa shape index (κ1) is 20.5. The first-order valence-electron chi connectivity index (χ1n) is 9.80. The Labute approximate surface area is 171 Å². The van der Waals surface area contributed by atoms with Crippen LogP contribution in [0.15, 0.2) is 42.5 Å². The summed E-state index contributed by atoms with van der Waals surface area (Å²) in [4.78, 5) is 26.7. The molecule has 154 valence electrons. The predicted octanol–water partition coefficient (Wildman–Crippen LogP) is 3.54. The quantitative estimate of drug-likeness (QED) is 0.781. The number of nitrogens with zero attached hydrogens (tertiary/aromatic N) is 1. The van der Waals surface area contributed by atoms with Crippen molar-refractivity contribution in [2.45, 2.75) is 39.5 Å². The molecule has 0 spiro atoms. The van der Waals surface area contributed by atoms with E-state index in [2.05, 4.69) is 10.6 Å². The standard InChI is InChI=1S/C22H27N3O4/c1-4-19-21(26)25(13-15-7-6-8-18(11-15)28-3)14-16-12-17(9-10-20(16)29-19)24-22(27)23-5-2/h6-12,19H,4-5,13-14H2,1-3H3,(H2,23,24,27). The van der Waals surface area contributed by atoms with Crippen molar-refractivity contribution in [1.82, 2.24) is 10.2 Å². The highest BCUT2D eigenvalue weighted by Crippen LogP contribution is 2.30. The number of methoxy groups -OCH3 is 1. The third-order valence-electron chi connectivity index (χ3n) is 4.75. The van der Waals surface area contributed by atoms with Gasteiger partial charge in [-0.3, -0.25) is 4.79 Å². The van der Waals surface area contributed by atoms with E-state index < -0.39 is 6.10 Å². The Kier molecular flexibility index (Phi) is 6.59. The topological polar surface area (TPSA) is 79.9 Å². The first-order valence-corrected chi connectivity index (χ1v) is 9.80. The van der Waals surface area contributed by atoms with Crippen LogP contribution in [0.5, 0.6) is 11.5 Å². The van der Waals surface area contributed by atoms with Crippen molar-refractivity contribution in [3.63, 3.8) is 0 Å². The predicted molar refractivity (Wildman–Crippen MR) is 111 cm³/mol. The maximum Gasteiger partial charge on any atom is 0.319 e. The smallest absolute Gasteiger partial charge is 0.319 e. The van der Waals surface area contributed by atoms with Crippen molar-refractivity contribution < 1.29 is 19.1 Å². The van der Waals surface area contributed by atoms with Gasteiger partial charge in [-0.2, -0.15) is 0 Å². The lowest BCUT2D eigenvalue weighted by Gasteiger charge is -2.23. The second-order valence-electron chi connectivity index (χ2n) is 6.87. The Bertz CT molecular complexity index is 884. The molecular weight excluding hydrogens is 370 g/mol. The SMILES string of the molecule is CCNC(=O)Nc1ccc2c(c1)CN(Cc1cccc(OC)c1)C(=O)C(CC)O2. The van der Waals surface area contributed by atoms with E-state index in [0.29, 0.717) is 37.5 Å². The van der Waals surface area contributed by atoms with E-state index in [1.165, 1.54) is 0 Å². The number of hydrogen-bond donors (Lipinski definition) is 2. The van der Waals surface area contributed by atoms with Crippen molar-refractivity contribution in [2.75, 3.05) is 19.0 Å². The number of benzene rings is 2. The van der Waals surface area contributed by atoms with Gasteiger partial charge in [-0.25, -0.2) is 4.79 Å². The fourth-order valence-corrected chi connectivity index (χ4v) is 3.31. The molecule has 3 amide bonds. The first-order chi connectivity index (χ1) is 14.0. The average molecular weight is 397 g/mol. The minimum atomic E-state index is -0.538. The fraction of sp³-hybridized carbons (Fsp3) is 0.364. The van der Waals surface area contributed by atoms with Gasteiger partial charge in [0.05, 0.1) is 7.11 Å². The summed E-state index contributed by atoms with van der Waals surface area (Å²) >= 11 is 0. The zero-order valence-electron chi connectivity index (χ0n) is 17.0. The monoisotopic (exact) mass is 397 g/mol. The summed E-state index contributed by atoms with van der Waals surface area (Å²) in [6.45, 7) is 5.18. The molecule has 7 nitrogen and oxygen atoms in total. The molecule has 3 rings (SSSR count). The number of anilines is 1. The molecule has 0 saturated carbocycles. The van der Waals surface area contributed by atoms with Gasteiger partial charge in [0, 0.05) is 30.9 Å². The van der Waals surface area contributed by atoms with Gasteiger partial charge in [-0.15, -0.1) is 0 Å². The van der Waals surface area contributed by atoms with Crippen LogP contribution in [0.3, 0.4) is 0 Å². The molecule has 1 unspecified atom stereocenters. The second-order valence-corrected chi connectivity index (χ2v) is 6.87. The van der Waals surface area contributed by atoms with Crippen LogP contribution in [0.25, 0.3) is 0 Å². The van der Waals surface area contributed by atoms with E-state index in [4.69, 9.17) is 9.47 Å². The molecule has 2 aromatic rings. The van der Waals surface area contributed by atoms with Crippen LogP contribution in [0.4, 0.5) is 10.5 Å². The van der Waals surface area contributed by atoms with Crippen LogP contribution in [-0.4, -0.2) is 36.6 Å². The van der Waals surface area contributed by atoms with Gasteiger partial charge < -0.3 is 25.0 Å². The zero-order valence-corrected chi connectivity index (χ0v) is 17.0. The number of urea groups is 1. The molecule has 0 bridgehead atoms. The highest BCUT2D eigenvalue weighted by atomic mass is 16.5. The van der Waals surface area contributed by atoms with E-state index in [9.17, 15) is 9.59 Å². The van der Waals surface area contributed by atoms with Crippen LogP contribution in [0, 0.1) is 0 Å². The van der Waals surface area contributed by atoms with Crippen molar-refractivity contribution in [1.29, 1.82) is 0 Å². The minimum absolute atomic E-state index is 0.0512. The van der Waals surface area contributed by atoms with E-state index in [-0.39, 0.29) is 11.9 Å². The van der Waals surface area contributed by atoms with Crippen molar-refractivity contribution in [3.05, 3.63) is 53.6 Å². The normalized spacial score (nSPS) is 15.8. The molecule has 29 heavy (non-hydrogen) atoms. The van der Waals surface area contributed by atoms with Crippen LogP contribution in [-0.2, 0) is 17.9 Å². The lowest BCUT2D eigenvalue weighted by Crippen LogP contribution is -2.38. The maximum atomic E-state index is 13.0. The Morgan fingerprint density at radius 3 is 2.79 bits per heavy atom. The summed E-state index contributed by atoms with van der Waals surface area (Å²) in [7, 11) is 1.62. The molecule has 1 atom stereocenters. The Balaban J connectivity index is 1.86. The van der Waals surface area contributed by atoms with E-state index >= 15 is 0 Å². The lowest BCUT2D eigenvalue weighted by molar-refractivity contribution is -0.139. The number of rotatable bonds is 6. The van der Waals surface area contributed by atoms with Gasteiger partial charge in [0.2, 0.25) is 0 Å². The molecule has 2 aromatic carbocycles. The highest BCUT2D eigenvalue weighted by Gasteiger charge is 2.30. The summed E-state index contributed by atoms with van der Waals surface area (Å²) < 4.78 is 11.3. The number of amides is 3. The van der Waals surface area contributed by atoms with Crippen molar-refractivity contribution in [3.8, 4) is 11.5 Å². The average Bonchev–Trinajstić information content (AvgIpc) is 2.84. The summed E-state index contributed by atoms with van der Waals surface area (Å²) in [6, 6.07) is 12.9. The molecule has 1 aliphatic heterocycles. The van der Waals surface area contributed by atoms with Crippen LogP contribution < -0.4 is 20.1 Å². The summed E-state index contributed by atoms with van der Waals surface area (Å²) in [6.07, 6.45) is 0.0373. The Morgan fingerprint density at radius 2 is 2.07 bits per heavy atom. The third kappa shape index (κ3) is 4.99. The largest absolute Gasteiger partial charge is 0.497 e. The van der Waals surface area contributed by atoms with Gasteiger partial charge in [-0.05, 0) is 49.2 Å². The second kappa shape index (κ2) is 9.32. The Morgan fingerprint density at radius 1 is 1.24 bits per heavy atom. The molecule has 2 N–H and O–H groups in total. The summed E-state index contributed by atoms with van der Waals surface area (Å²) in [5.74, 6) is 1.37. The van der Waals surface area contributed by atoms with E-state index in [0.717, 1.165) is 16.9 Å². The van der Waals surface area contributed by atoms with Crippen molar-refractivity contribution in [2.24, 2.45) is 0 Å². The fourth-order valence-electron chi connectivity index (χ4n) is 3.31. The number of carbonyl (C=O) groups excluding carboxylic acids is 2. The maximum absolute atomic E-state index is 13.0. The van der Waals surface area contributed by atoms with Gasteiger partial charge in [0.25, 0.3) is 5.91 Å². The number of ether oxygens (including phenoxy) is 2. The van der Waals surface area contributed by atoms with Crippen molar-refractivity contribution >= 4 is 17.6 Å². The molecular formula is C22H27N3O4. The van der Waals surface area contributed by atoms with Crippen LogP contribution in [0.2, 0.25) is 0 Å².